The van der Waals surface area contributed by atoms with Gasteiger partial charge in [0.05, 0.1) is 0 Å². The van der Waals surface area contributed by atoms with Crippen molar-refractivity contribution < 1.29 is 9.21 Å². The number of fused-ring (bicyclic) bond motifs is 1. The van der Waals surface area contributed by atoms with Gasteiger partial charge in [-0.15, -0.1) is 0 Å². The zero-order valence-corrected chi connectivity index (χ0v) is 14.0. The number of aryl methyl sites for hydroxylation is 1. The number of anilines is 1. The molecule has 1 fully saturated rings. The molecular formula is C17H17ClN4O2. The van der Waals surface area contributed by atoms with E-state index in [0.29, 0.717) is 35.4 Å². The van der Waals surface area contributed by atoms with Gasteiger partial charge in [0.15, 0.2) is 5.58 Å². The second kappa shape index (κ2) is 5.87. The Bertz CT molecular complexity index is 901. The molecule has 24 heavy (non-hydrogen) atoms. The third kappa shape index (κ3) is 2.73. The summed E-state index contributed by atoms with van der Waals surface area (Å²) >= 11 is 5.96. The van der Waals surface area contributed by atoms with Crippen LogP contribution in [0.25, 0.3) is 11.1 Å². The predicted molar refractivity (Wildman–Crippen MR) is 92.4 cm³/mol. The highest BCUT2D eigenvalue weighted by atomic mass is 35.5. The Morgan fingerprint density at radius 1 is 1.42 bits per heavy atom. The zero-order valence-electron chi connectivity index (χ0n) is 13.2. The fraction of sp³-hybridized carbons (Fsp3) is 0.294. The molecule has 1 atom stereocenters. The SMILES string of the molecule is Cn1cccc1C(=O)N1CCC(Nc2nc3ccc(Cl)cc3o2)C1. The third-order valence-electron chi connectivity index (χ3n) is 4.32. The molecule has 4 rings (SSSR count). The van der Waals surface area contributed by atoms with Crippen LogP contribution in [0.3, 0.4) is 0 Å². The first-order valence-electron chi connectivity index (χ1n) is 7.83. The van der Waals surface area contributed by atoms with E-state index < -0.39 is 0 Å². The lowest BCUT2D eigenvalue weighted by Gasteiger charge is -2.17. The summed E-state index contributed by atoms with van der Waals surface area (Å²) in [6.45, 7) is 1.34. The first kappa shape index (κ1) is 15.1. The molecule has 1 aliphatic heterocycles. The number of halogens is 1. The lowest BCUT2D eigenvalue weighted by atomic mass is 10.3. The van der Waals surface area contributed by atoms with E-state index in [1.54, 1.807) is 12.1 Å². The van der Waals surface area contributed by atoms with Crippen molar-refractivity contribution >= 4 is 34.6 Å². The number of oxazole rings is 1. The zero-order chi connectivity index (χ0) is 16.7. The van der Waals surface area contributed by atoms with Crippen LogP contribution in [0.15, 0.2) is 40.9 Å². The van der Waals surface area contributed by atoms with Gasteiger partial charge in [-0.05, 0) is 30.7 Å². The number of aromatic nitrogens is 2. The Labute approximate surface area is 144 Å². The molecule has 0 aliphatic carbocycles. The minimum absolute atomic E-state index is 0.0520. The molecule has 7 heteroatoms. The van der Waals surface area contributed by atoms with Crippen LogP contribution >= 0.6 is 11.6 Å². The summed E-state index contributed by atoms with van der Waals surface area (Å²) in [5.74, 6) is 0.0520. The van der Waals surface area contributed by atoms with Crippen LogP contribution in [0.5, 0.6) is 0 Å². The highest BCUT2D eigenvalue weighted by Gasteiger charge is 2.28. The number of hydrogen-bond acceptors (Lipinski definition) is 4. The van der Waals surface area contributed by atoms with Crippen molar-refractivity contribution in [3.63, 3.8) is 0 Å². The van der Waals surface area contributed by atoms with Gasteiger partial charge in [0.2, 0.25) is 0 Å². The summed E-state index contributed by atoms with van der Waals surface area (Å²) in [4.78, 5) is 18.8. The molecule has 0 saturated carbocycles. The van der Waals surface area contributed by atoms with Crippen LogP contribution in [0.2, 0.25) is 5.02 Å². The molecule has 0 spiro atoms. The van der Waals surface area contributed by atoms with Gasteiger partial charge in [0.25, 0.3) is 11.9 Å². The Kier molecular flexibility index (Phi) is 3.69. The number of carbonyl (C=O) groups is 1. The Balaban J connectivity index is 1.44. The van der Waals surface area contributed by atoms with E-state index in [1.807, 2.05) is 40.9 Å². The van der Waals surface area contributed by atoms with Crippen LogP contribution in [-0.4, -0.2) is 39.5 Å². The minimum atomic E-state index is 0.0520. The number of likely N-dealkylation sites (tertiary alicyclic amines) is 1. The average molecular weight is 345 g/mol. The van der Waals surface area contributed by atoms with Crippen molar-refractivity contribution in [1.82, 2.24) is 14.5 Å². The van der Waals surface area contributed by atoms with E-state index in [0.717, 1.165) is 11.9 Å². The van der Waals surface area contributed by atoms with E-state index in [4.69, 9.17) is 16.0 Å². The first-order valence-corrected chi connectivity index (χ1v) is 8.21. The van der Waals surface area contributed by atoms with Crippen LogP contribution in [0.4, 0.5) is 6.01 Å². The molecular weight excluding hydrogens is 328 g/mol. The van der Waals surface area contributed by atoms with Gasteiger partial charge in [-0.3, -0.25) is 4.79 Å². The van der Waals surface area contributed by atoms with Gasteiger partial charge >= 0.3 is 0 Å². The molecule has 1 N–H and O–H groups in total. The van der Waals surface area contributed by atoms with Crippen LogP contribution in [0.1, 0.15) is 16.9 Å². The van der Waals surface area contributed by atoms with Crippen molar-refractivity contribution in [2.75, 3.05) is 18.4 Å². The Morgan fingerprint density at radius 2 is 2.29 bits per heavy atom. The van der Waals surface area contributed by atoms with Crippen molar-refractivity contribution in [2.24, 2.45) is 7.05 Å². The van der Waals surface area contributed by atoms with Gasteiger partial charge in [-0.1, -0.05) is 11.6 Å². The molecule has 0 bridgehead atoms. The van der Waals surface area contributed by atoms with Crippen molar-refractivity contribution in [2.45, 2.75) is 12.5 Å². The van der Waals surface area contributed by atoms with Crippen molar-refractivity contribution in [3.8, 4) is 0 Å². The van der Waals surface area contributed by atoms with Gasteiger partial charge < -0.3 is 19.2 Å². The molecule has 1 unspecified atom stereocenters. The molecule has 6 nitrogen and oxygen atoms in total. The van der Waals surface area contributed by atoms with Crippen LogP contribution < -0.4 is 5.32 Å². The number of carbonyl (C=O) groups excluding carboxylic acids is 1. The predicted octanol–water partition coefficient (Wildman–Crippen LogP) is 3.15. The Hall–Kier alpha value is -2.47. The molecule has 3 aromatic rings. The molecule has 1 amide bonds. The number of hydrogen-bond donors (Lipinski definition) is 1. The van der Waals surface area contributed by atoms with Crippen LogP contribution in [0, 0.1) is 0 Å². The summed E-state index contributed by atoms with van der Waals surface area (Å²) < 4.78 is 7.52. The first-order chi connectivity index (χ1) is 11.6. The lowest BCUT2D eigenvalue weighted by molar-refractivity contribution is 0.0782. The summed E-state index contributed by atoms with van der Waals surface area (Å²) in [5, 5.41) is 3.89. The van der Waals surface area contributed by atoms with Crippen LogP contribution in [-0.2, 0) is 7.05 Å². The van der Waals surface area contributed by atoms with E-state index >= 15 is 0 Å². The lowest BCUT2D eigenvalue weighted by Crippen LogP contribution is -2.32. The molecule has 2 aromatic heterocycles. The molecule has 1 aliphatic rings. The van der Waals surface area contributed by atoms with Crippen molar-refractivity contribution in [1.29, 1.82) is 0 Å². The number of rotatable bonds is 3. The number of nitrogens with zero attached hydrogens (tertiary/aromatic N) is 3. The second-order valence-corrected chi connectivity index (χ2v) is 6.45. The second-order valence-electron chi connectivity index (χ2n) is 6.02. The van der Waals surface area contributed by atoms with E-state index in [1.165, 1.54) is 0 Å². The van der Waals surface area contributed by atoms with Gasteiger partial charge in [-0.25, -0.2) is 0 Å². The fourth-order valence-corrected chi connectivity index (χ4v) is 3.20. The molecule has 3 heterocycles. The smallest absolute Gasteiger partial charge is 0.295 e. The standard InChI is InChI=1S/C17H17ClN4O2/c1-21-7-2-3-14(21)16(23)22-8-6-12(10-22)19-17-20-13-5-4-11(18)9-15(13)24-17/h2-5,7,9,12H,6,8,10H2,1H3,(H,19,20). The van der Waals surface area contributed by atoms with E-state index in [2.05, 4.69) is 10.3 Å². The maximum atomic E-state index is 12.5. The number of amides is 1. The quantitative estimate of drug-likeness (QED) is 0.792. The molecule has 1 aromatic carbocycles. The maximum absolute atomic E-state index is 12.5. The van der Waals surface area contributed by atoms with Gasteiger partial charge in [0.1, 0.15) is 11.2 Å². The average Bonchev–Trinajstić information content (AvgIpc) is 3.26. The highest BCUT2D eigenvalue weighted by molar-refractivity contribution is 6.31. The van der Waals surface area contributed by atoms with E-state index in [-0.39, 0.29) is 11.9 Å². The summed E-state index contributed by atoms with van der Waals surface area (Å²) in [5.41, 5.74) is 2.11. The number of benzene rings is 1. The molecule has 0 radical (unpaired) electrons. The molecule has 1 saturated heterocycles. The summed E-state index contributed by atoms with van der Waals surface area (Å²) in [6.07, 6.45) is 2.73. The highest BCUT2D eigenvalue weighted by Crippen LogP contribution is 2.24. The topological polar surface area (TPSA) is 63.3 Å². The van der Waals surface area contributed by atoms with Gasteiger partial charge in [-0.2, -0.15) is 4.98 Å². The molecule has 124 valence electrons. The number of nitrogens with one attached hydrogen (secondary N) is 1. The maximum Gasteiger partial charge on any atom is 0.295 e. The largest absolute Gasteiger partial charge is 0.423 e. The monoisotopic (exact) mass is 344 g/mol. The van der Waals surface area contributed by atoms with Gasteiger partial charge in [0, 0.05) is 43.5 Å². The minimum Gasteiger partial charge on any atom is -0.423 e. The van der Waals surface area contributed by atoms with E-state index in [9.17, 15) is 4.79 Å². The van der Waals surface area contributed by atoms with Crippen molar-refractivity contribution in [3.05, 3.63) is 47.2 Å². The fourth-order valence-electron chi connectivity index (χ4n) is 3.04. The summed E-state index contributed by atoms with van der Waals surface area (Å²) in [7, 11) is 1.88. The third-order valence-corrected chi connectivity index (χ3v) is 4.55. The summed E-state index contributed by atoms with van der Waals surface area (Å²) in [6, 6.07) is 9.66. The Morgan fingerprint density at radius 3 is 3.08 bits per heavy atom. The normalized spacial score (nSPS) is 17.6.